The monoisotopic (exact) mass is 194 g/mol. The van der Waals surface area contributed by atoms with Crippen molar-refractivity contribution >= 4 is 23.1 Å². The number of hydrogen-bond acceptors (Lipinski definition) is 3. The molecular weight excluding hydrogens is 180 g/mol. The Hall–Kier alpha value is -0.830. The summed E-state index contributed by atoms with van der Waals surface area (Å²) in [6.07, 6.45) is 0. The zero-order chi connectivity index (χ0) is 9.26. The first kappa shape index (κ1) is 8.75. The summed E-state index contributed by atoms with van der Waals surface area (Å²) in [7, 11) is 0. The average molecular weight is 194 g/mol. The Kier molecular flexibility index (Phi) is 2.36. The SMILES string of the molecule is CCSC1Nc2ccc(C)cc2N1. The maximum Gasteiger partial charge on any atom is 0.145 e. The molecule has 0 aliphatic carbocycles. The van der Waals surface area contributed by atoms with E-state index < -0.39 is 0 Å². The third-order valence-electron chi connectivity index (χ3n) is 2.08. The lowest BCUT2D eigenvalue weighted by atomic mass is 10.2. The van der Waals surface area contributed by atoms with Gasteiger partial charge in [0.2, 0.25) is 0 Å². The molecule has 13 heavy (non-hydrogen) atoms. The molecule has 1 aromatic rings. The van der Waals surface area contributed by atoms with E-state index in [1.807, 2.05) is 11.8 Å². The van der Waals surface area contributed by atoms with Gasteiger partial charge >= 0.3 is 0 Å². The van der Waals surface area contributed by atoms with Gasteiger partial charge in [-0.05, 0) is 30.4 Å². The van der Waals surface area contributed by atoms with Crippen LogP contribution in [0, 0.1) is 6.92 Å². The summed E-state index contributed by atoms with van der Waals surface area (Å²) in [6.45, 7) is 4.28. The number of nitrogens with one attached hydrogen (secondary N) is 2. The van der Waals surface area contributed by atoms with Gasteiger partial charge in [-0.3, -0.25) is 0 Å². The minimum atomic E-state index is 0.349. The maximum absolute atomic E-state index is 3.43. The van der Waals surface area contributed by atoms with Gasteiger partial charge in [-0.1, -0.05) is 13.0 Å². The van der Waals surface area contributed by atoms with E-state index in [2.05, 4.69) is 42.7 Å². The summed E-state index contributed by atoms with van der Waals surface area (Å²) in [5, 5.41) is 6.84. The zero-order valence-electron chi connectivity index (χ0n) is 7.92. The van der Waals surface area contributed by atoms with Crippen LogP contribution in [0.15, 0.2) is 18.2 Å². The second-order valence-electron chi connectivity index (χ2n) is 3.17. The van der Waals surface area contributed by atoms with Gasteiger partial charge in [-0.2, -0.15) is 0 Å². The summed E-state index contributed by atoms with van der Waals surface area (Å²) in [4.78, 5) is 0. The van der Waals surface area contributed by atoms with Gasteiger partial charge in [0.05, 0.1) is 11.4 Å². The van der Waals surface area contributed by atoms with Crippen molar-refractivity contribution in [1.82, 2.24) is 0 Å². The van der Waals surface area contributed by atoms with Crippen LogP contribution in [0.2, 0.25) is 0 Å². The first-order valence-electron chi connectivity index (χ1n) is 4.55. The van der Waals surface area contributed by atoms with Crippen LogP contribution in [-0.4, -0.2) is 11.3 Å². The lowest BCUT2D eigenvalue weighted by molar-refractivity contribution is 1.20. The van der Waals surface area contributed by atoms with Crippen LogP contribution < -0.4 is 10.6 Å². The number of benzene rings is 1. The first-order chi connectivity index (χ1) is 6.29. The number of aryl methyl sites for hydroxylation is 1. The Labute approximate surface area is 83.1 Å². The molecule has 0 amide bonds. The van der Waals surface area contributed by atoms with E-state index >= 15 is 0 Å². The summed E-state index contributed by atoms with van der Waals surface area (Å²) in [5.41, 5.74) is 4.10. The van der Waals surface area contributed by atoms with E-state index in [9.17, 15) is 0 Å². The Balaban J connectivity index is 2.16. The molecule has 0 saturated carbocycles. The molecule has 2 rings (SSSR count). The highest BCUT2D eigenvalue weighted by Gasteiger charge is 2.18. The molecule has 70 valence electrons. The van der Waals surface area contributed by atoms with Crippen molar-refractivity contribution in [2.45, 2.75) is 19.3 Å². The molecule has 0 aromatic heterocycles. The highest BCUT2D eigenvalue weighted by atomic mass is 32.2. The maximum atomic E-state index is 3.43. The van der Waals surface area contributed by atoms with Crippen LogP contribution in [0.3, 0.4) is 0 Å². The lowest BCUT2D eigenvalue weighted by Gasteiger charge is -2.09. The van der Waals surface area contributed by atoms with Crippen molar-refractivity contribution in [1.29, 1.82) is 0 Å². The second kappa shape index (κ2) is 3.50. The zero-order valence-corrected chi connectivity index (χ0v) is 8.74. The van der Waals surface area contributed by atoms with Crippen LogP contribution >= 0.6 is 11.8 Å². The minimum Gasteiger partial charge on any atom is -0.355 e. The number of fused-ring (bicyclic) bond motifs is 1. The van der Waals surface area contributed by atoms with E-state index in [-0.39, 0.29) is 0 Å². The van der Waals surface area contributed by atoms with Crippen molar-refractivity contribution in [3.8, 4) is 0 Å². The normalized spacial score (nSPS) is 19.1. The van der Waals surface area contributed by atoms with E-state index in [4.69, 9.17) is 0 Å². The molecule has 1 aliphatic heterocycles. The van der Waals surface area contributed by atoms with Crippen molar-refractivity contribution in [3.05, 3.63) is 23.8 Å². The fourth-order valence-electron chi connectivity index (χ4n) is 1.47. The molecule has 0 radical (unpaired) electrons. The topological polar surface area (TPSA) is 24.1 Å². The number of thioether (sulfide) groups is 1. The van der Waals surface area contributed by atoms with Crippen molar-refractivity contribution in [3.63, 3.8) is 0 Å². The van der Waals surface area contributed by atoms with Crippen molar-refractivity contribution in [2.75, 3.05) is 16.4 Å². The molecule has 0 bridgehead atoms. The molecule has 0 saturated heterocycles. The lowest BCUT2D eigenvalue weighted by Crippen LogP contribution is -2.17. The fraction of sp³-hybridized carbons (Fsp3) is 0.400. The predicted molar refractivity (Wildman–Crippen MR) is 60.3 cm³/mol. The highest BCUT2D eigenvalue weighted by Crippen LogP contribution is 2.32. The van der Waals surface area contributed by atoms with Crippen molar-refractivity contribution < 1.29 is 0 Å². The van der Waals surface area contributed by atoms with Crippen LogP contribution in [-0.2, 0) is 0 Å². The second-order valence-corrected chi connectivity index (χ2v) is 4.56. The summed E-state index contributed by atoms with van der Waals surface area (Å²) >= 11 is 1.88. The Bertz CT molecular complexity index is 312. The Morgan fingerprint density at radius 3 is 2.85 bits per heavy atom. The summed E-state index contributed by atoms with van der Waals surface area (Å²) in [6, 6.07) is 6.44. The Morgan fingerprint density at radius 1 is 1.31 bits per heavy atom. The van der Waals surface area contributed by atoms with Crippen molar-refractivity contribution in [2.24, 2.45) is 0 Å². The third kappa shape index (κ3) is 1.75. The first-order valence-corrected chi connectivity index (χ1v) is 5.60. The van der Waals surface area contributed by atoms with Crippen LogP contribution in [0.1, 0.15) is 12.5 Å². The number of anilines is 2. The highest BCUT2D eigenvalue weighted by molar-refractivity contribution is 8.00. The molecule has 1 aliphatic rings. The number of rotatable bonds is 2. The quantitative estimate of drug-likeness (QED) is 0.757. The van der Waals surface area contributed by atoms with Crippen LogP contribution in [0.25, 0.3) is 0 Å². The largest absolute Gasteiger partial charge is 0.355 e. The smallest absolute Gasteiger partial charge is 0.145 e. The predicted octanol–water partition coefficient (Wildman–Crippen LogP) is 2.87. The molecule has 1 atom stereocenters. The third-order valence-corrected chi connectivity index (χ3v) is 2.98. The molecule has 1 aromatic carbocycles. The standard InChI is InChI=1S/C10H14N2S/c1-3-13-10-11-8-5-4-7(2)6-9(8)12-10/h4-6,10-12H,3H2,1-2H3. The molecule has 1 heterocycles. The molecule has 3 heteroatoms. The molecule has 0 fully saturated rings. The minimum absolute atomic E-state index is 0.349. The molecular formula is C10H14N2S. The molecule has 1 unspecified atom stereocenters. The molecule has 0 spiro atoms. The van der Waals surface area contributed by atoms with Gasteiger partial charge in [0.1, 0.15) is 5.50 Å². The van der Waals surface area contributed by atoms with E-state index in [1.54, 1.807) is 0 Å². The van der Waals surface area contributed by atoms with Gasteiger partial charge < -0.3 is 10.6 Å². The van der Waals surface area contributed by atoms with E-state index in [0.29, 0.717) is 5.50 Å². The van der Waals surface area contributed by atoms with Gasteiger partial charge in [-0.15, -0.1) is 11.8 Å². The van der Waals surface area contributed by atoms with Gasteiger partial charge in [0.15, 0.2) is 0 Å². The van der Waals surface area contributed by atoms with Gasteiger partial charge in [0.25, 0.3) is 0 Å². The molecule has 2 nitrogen and oxygen atoms in total. The molecule has 2 N–H and O–H groups in total. The van der Waals surface area contributed by atoms with Gasteiger partial charge in [0, 0.05) is 0 Å². The van der Waals surface area contributed by atoms with E-state index in [1.165, 1.54) is 16.9 Å². The fourth-order valence-corrected chi connectivity index (χ4v) is 2.23. The summed E-state index contributed by atoms with van der Waals surface area (Å²) < 4.78 is 0. The van der Waals surface area contributed by atoms with Gasteiger partial charge in [-0.25, -0.2) is 0 Å². The van der Waals surface area contributed by atoms with Crippen LogP contribution in [0.4, 0.5) is 11.4 Å². The summed E-state index contributed by atoms with van der Waals surface area (Å²) in [5.74, 6) is 1.12. The van der Waals surface area contributed by atoms with Crippen LogP contribution in [0.5, 0.6) is 0 Å². The Morgan fingerprint density at radius 2 is 2.08 bits per heavy atom. The number of hydrogen-bond donors (Lipinski definition) is 2. The van der Waals surface area contributed by atoms with E-state index in [0.717, 1.165) is 5.75 Å². The average Bonchev–Trinajstić information content (AvgIpc) is 2.46.